The minimum absolute atomic E-state index is 0.0701. The number of nitro groups is 1. The number of hydrogen-bond donors (Lipinski definition) is 2. The van der Waals surface area contributed by atoms with E-state index in [0.717, 1.165) is 11.1 Å². The molecule has 0 aliphatic carbocycles. The molecule has 1 heterocycles. The van der Waals surface area contributed by atoms with E-state index >= 15 is 0 Å². The minimum Gasteiger partial charge on any atom is -0.383 e. The van der Waals surface area contributed by atoms with Gasteiger partial charge >= 0.3 is 0 Å². The number of anilines is 2. The molecule has 0 atom stereocenters. The summed E-state index contributed by atoms with van der Waals surface area (Å²) >= 11 is 0. The molecule has 98 valence electrons. The van der Waals surface area contributed by atoms with Gasteiger partial charge in [0.1, 0.15) is 11.6 Å². The van der Waals surface area contributed by atoms with Gasteiger partial charge in [-0.15, -0.1) is 0 Å². The Morgan fingerprint density at radius 3 is 2.84 bits per heavy atom. The van der Waals surface area contributed by atoms with Gasteiger partial charge in [-0.3, -0.25) is 10.1 Å². The van der Waals surface area contributed by atoms with Crippen LogP contribution in [0.3, 0.4) is 0 Å². The monoisotopic (exact) mass is 258 g/mol. The summed E-state index contributed by atoms with van der Waals surface area (Å²) < 4.78 is 0. The number of aryl methyl sites for hydroxylation is 1. The zero-order valence-corrected chi connectivity index (χ0v) is 10.5. The number of hydrogen-bond acceptors (Lipinski definition) is 5. The van der Waals surface area contributed by atoms with Crippen LogP contribution in [0.15, 0.2) is 36.4 Å². The maximum absolute atomic E-state index is 10.7. The molecule has 0 amide bonds. The maximum atomic E-state index is 10.7. The number of rotatable bonds is 4. The second kappa shape index (κ2) is 5.34. The lowest BCUT2D eigenvalue weighted by atomic mass is 10.1. The van der Waals surface area contributed by atoms with E-state index < -0.39 is 4.92 Å². The molecular formula is C13H14N4O2. The van der Waals surface area contributed by atoms with E-state index in [1.807, 2.05) is 31.2 Å². The quantitative estimate of drug-likeness (QED) is 0.649. The standard InChI is InChI=1S/C13H14N4O2/c1-9-3-2-4-10(5-9)8-15-13-7-11(17(18)19)6-12(14)16-13/h2-7H,8H2,1H3,(H3,14,15,16). The lowest BCUT2D eigenvalue weighted by Crippen LogP contribution is -2.04. The SMILES string of the molecule is Cc1cccc(CNc2cc([N+](=O)[O-])cc(N)n2)c1. The fourth-order valence-electron chi connectivity index (χ4n) is 1.75. The number of nitrogens with two attached hydrogens (primary N) is 1. The van der Waals surface area contributed by atoms with E-state index in [2.05, 4.69) is 10.3 Å². The van der Waals surface area contributed by atoms with Crippen LogP contribution in [0.4, 0.5) is 17.3 Å². The van der Waals surface area contributed by atoms with E-state index in [1.54, 1.807) is 0 Å². The third-order valence-electron chi connectivity index (χ3n) is 2.60. The largest absolute Gasteiger partial charge is 0.383 e. The lowest BCUT2D eigenvalue weighted by molar-refractivity contribution is -0.384. The minimum atomic E-state index is -0.490. The van der Waals surface area contributed by atoms with Crippen LogP contribution in [-0.2, 0) is 6.54 Å². The van der Waals surface area contributed by atoms with Crippen molar-refractivity contribution < 1.29 is 4.92 Å². The Kier molecular flexibility index (Phi) is 3.61. The normalized spacial score (nSPS) is 10.2. The number of nitrogens with one attached hydrogen (secondary N) is 1. The van der Waals surface area contributed by atoms with E-state index in [-0.39, 0.29) is 11.5 Å². The Morgan fingerprint density at radius 1 is 1.37 bits per heavy atom. The first kappa shape index (κ1) is 12.8. The third-order valence-corrected chi connectivity index (χ3v) is 2.60. The molecule has 0 bridgehead atoms. The summed E-state index contributed by atoms with van der Waals surface area (Å²) in [6.07, 6.45) is 0. The zero-order chi connectivity index (χ0) is 13.8. The molecule has 6 nitrogen and oxygen atoms in total. The molecule has 0 unspecified atom stereocenters. The average Bonchev–Trinajstić information content (AvgIpc) is 2.36. The molecule has 0 aliphatic heterocycles. The first-order chi connectivity index (χ1) is 9.04. The summed E-state index contributed by atoms with van der Waals surface area (Å²) in [5, 5.41) is 13.7. The van der Waals surface area contributed by atoms with Crippen LogP contribution in [0, 0.1) is 17.0 Å². The molecule has 2 aromatic rings. The fourth-order valence-corrected chi connectivity index (χ4v) is 1.75. The van der Waals surface area contributed by atoms with Gasteiger partial charge in [-0.1, -0.05) is 29.8 Å². The van der Waals surface area contributed by atoms with Gasteiger partial charge in [0.15, 0.2) is 0 Å². The van der Waals surface area contributed by atoms with Gasteiger partial charge in [-0.05, 0) is 12.5 Å². The first-order valence-electron chi connectivity index (χ1n) is 5.76. The van der Waals surface area contributed by atoms with Gasteiger partial charge in [0.2, 0.25) is 0 Å². The number of aromatic nitrogens is 1. The van der Waals surface area contributed by atoms with Crippen LogP contribution in [-0.4, -0.2) is 9.91 Å². The summed E-state index contributed by atoms with van der Waals surface area (Å²) in [6, 6.07) is 10.6. The van der Waals surface area contributed by atoms with E-state index in [0.29, 0.717) is 12.4 Å². The van der Waals surface area contributed by atoms with Crippen LogP contribution in [0.1, 0.15) is 11.1 Å². The van der Waals surface area contributed by atoms with Crippen LogP contribution < -0.4 is 11.1 Å². The van der Waals surface area contributed by atoms with Gasteiger partial charge in [0.05, 0.1) is 17.1 Å². The van der Waals surface area contributed by atoms with E-state index in [9.17, 15) is 10.1 Å². The predicted octanol–water partition coefficient (Wildman–Crippen LogP) is 2.49. The van der Waals surface area contributed by atoms with Gasteiger partial charge in [-0.2, -0.15) is 0 Å². The van der Waals surface area contributed by atoms with Gasteiger partial charge in [0, 0.05) is 6.54 Å². The molecule has 6 heteroatoms. The lowest BCUT2D eigenvalue weighted by Gasteiger charge is -2.07. The van der Waals surface area contributed by atoms with Crippen molar-refractivity contribution in [1.29, 1.82) is 0 Å². The number of pyridine rings is 1. The number of benzene rings is 1. The molecule has 0 radical (unpaired) electrons. The second-order valence-electron chi connectivity index (χ2n) is 4.24. The summed E-state index contributed by atoms with van der Waals surface area (Å²) in [6.45, 7) is 2.54. The molecule has 0 saturated carbocycles. The fraction of sp³-hybridized carbons (Fsp3) is 0.154. The van der Waals surface area contributed by atoms with Crippen molar-refractivity contribution in [3.63, 3.8) is 0 Å². The molecule has 0 spiro atoms. The van der Waals surface area contributed by atoms with Crippen molar-refractivity contribution in [2.45, 2.75) is 13.5 Å². The highest BCUT2D eigenvalue weighted by atomic mass is 16.6. The van der Waals surface area contributed by atoms with Crippen LogP contribution in [0.25, 0.3) is 0 Å². The molecule has 3 N–H and O–H groups in total. The van der Waals surface area contributed by atoms with Crippen molar-refractivity contribution in [3.05, 3.63) is 57.6 Å². The molecule has 2 rings (SSSR count). The first-order valence-corrected chi connectivity index (χ1v) is 5.76. The van der Waals surface area contributed by atoms with E-state index in [4.69, 9.17) is 5.73 Å². The topological polar surface area (TPSA) is 94.1 Å². The number of nitrogens with zero attached hydrogens (tertiary/aromatic N) is 2. The average molecular weight is 258 g/mol. The highest BCUT2D eigenvalue weighted by Crippen LogP contribution is 2.19. The van der Waals surface area contributed by atoms with Crippen molar-refractivity contribution in [2.24, 2.45) is 0 Å². The maximum Gasteiger partial charge on any atom is 0.276 e. The van der Waals surface area contributed by atoms with Crippen LogP contribution in [0.2, 0.25) is 0 Å². The molecule has 0 aliphatic rings. The Hall–Kier alpha value is -2.63. The Balaban J connectivity index is 2.13. The highest BCUT2D eigenvalue weighted by molar-refractivity contribution is 5.52. The van der Waals surface area contributed by atoms with Gasteiger partial charge in [0.25, 0.3) is 5.69 Å². The van der Waals surface area contributed by atoms with Gasteiger partial charge < -0.3 is 11.1 Å². The molecule has 0 fully saturated rings. The Bertz CT molecular complexity index is 613. The van der Waals surface area contributed by atoms with E-state index in [1.165, 1.54) is 12.1 Å². The second-order valence-corrected chi connectivity index (χ2v) is 4.24. The molecular weight excluding hydrogens is 244 g/mol. The van der Waals surface area contributed by atoms with Crippen molar-refractivity contribution in [3.8, 4) is 0 Å². The highest BCUT2D eigenvalue weighted by Gasteiger charge is 2.09. The predicted molar refractivity (Wildman–Crippen MR) is 73.8 cm³/mol. The van der Waals surface area contributed by atoms with Crippen molar-refractivity contribution in [2.75, 3.05) is 11.1 Å². The molecule has 0 saturated heterocycles. The summed E-state index contributed by atoms with van der Waals surface area (Å²) in [7, 11) is 0. The zero-order valence-electron chi connectivity index (χ0n) is 10.5. The number of nitrogen functional groups attached to an aromatic ring is 1. The third kappa shape index (κ3) is 3.41. The van der Waals surface area contributed by atoms with Crippen LogP contribution >= 0.6 is 0 Å². The summed E-state index contributed by atoms with van der Waals surface area (Å²) in [5.74, 6) is 0.522. The summed E-state index contributed by atoms with van der Waals surface area (Å²) in [5.41, 5.74) is 7.70. The molecule has 1 aromatic carbocycles. The Labute approximate surface area is 110 Å². The Morgan fingerprint density at radius 2 is 2.16 bits per heavy atom. The molecule has 1 aromatic heterocycles. The smallest absolute Gasteiger partial charge is 0.276 e. The van der Waals surface area contributed by atoms with Gasteiger partial charge in [-0.25, -0.2) is 4.98 Å². The van der Waals surface area contributed by atoms with Crippen molar-refractivity contribution in [1.82, 2.24) is 4.98 Å². The molecule has 19 heavy (non-hydrogen) atoms. The van der Waals surface area contributed by atoms with Crippen molar-refractivity contribution >= 4 is 17.3 Å². The van der Waals surface area contributed by atoms with Crippen LogP contribution in [0.5, 0.6) is 0 Å². The summed E-state index contributed by atoms with van der Waals surface area (Å²) in [4.78, 5) is 14.2.